The molecule has 0 atom stereocenters. The summed E-state index contributed by atoms with van der Waals surface area (Å²) < 4.78 is 0. The highest BCUT2D eigenvalue weighted by Crippen LogP contribution is 2.19. The molecule has 0 spiro atoms. The summed E-state index contributed by atoms with van der Waals surface area (Å²) in [5.74, 6) is 0.0152. The lowest BCUT2D eigenvalue weighted by Gasteiger charge is -1.98. The molecule has 0 aliphatic carbocycles. The van der Waals surface area contributed by atoms with Crippen molar-refractivity contribution in [1.82, 2.24) is 0 Å². The van der Waals surface area contributed by atoms with E-state index in [2.05, 4.69) is 5.43 Å². The summed E-state index contributed by atoms with van der Waals surface area (Å²) in [6, 6.07) is 7.03. The highest BCUT2D eigenvalue weighted by Gasteiger charge is 2.22. The lowest BCUT2D eigenvalue weighted by atomic mass is 10.1. The van der Waals surface area contributed by atoms with Crippen molar-refractivity contribution in [3.05, 3.63) is 34.7 Å². The van der Waals surface area contributed by atoms with Crippen LogP contribution in [0.3, 0.4) is 0 Å². The number of fused-ring (bicyclic) bond motifs is 1. The summed E-state index contributed by atoms with van der Waals surface area (Å²) in [5, 5.41) is 0. The number of para-hydroxylation sites is 1. The molecule has 4 nitrogen and oxygen atoms in total. The van der Waals surface area contributed by atoms with E-state index in [1.54, 1.807) is 24.3 Å². The molecule has 1 heterocycles. The molecule has 1 N–H and O–H groups in total. The average Bonchev–Trinajstić information content (AvgIpc) is 2.27. The molecule has 0 saturated carbocycles. The third-order valence-corrected chi connectivity index (χ3v) is 2.01. The number of nitroso groups, excluding NO2 is 1. The van der Waals surface area contributed by atoms with Crippen LogP contribution in [0.25, 0.3) is 0 Å². The van der Waals surface area contributed by atoms with E-state index in [1.807, 2.05) is 0 Å². The number of anilines is 1. The zero-order valence-corrected chi connectivity index (χ0v) is 6.99. The number of carbonyl (C=O) groups excluding carboxylic acids is 1. The molecule has 66 valence electrons. The van der Waals surface area contributed by atoms with E-state index in [-0.39, 0.29) is 18.7 Å². The van der Waals surface area contributed by atoms with Gasteiger partial charge >= 0.3 is 0 Å². The molecule has 1 aromatic rings. The number of hydrogen-bond acceptors (Lipinski definition) is 2. The highest BCUT2D eigenvalue weighted by molar-refractivity contribution is 6.01. The molecule has 1 aromatic carbocycles. The molecule has 13 heavy (non-hydrogen) atoms. The lowest BCUT2D eigenvalue weighted by molar-refractivity contribution is -0.515. The first-order chi connectivity index (χ1) is 6.27. The second-order valence-electron chi connectivity index (χ2n) is 2.93. The van der Waals surface area contributed by atoms with Crippen molar-refractivity contribution in [3.8, 4) is 0 Å². The van der Waals surface area contributed by atoms with E-state index in [0.717, 1.165) is 0 Å². The van der Waals surface area contributed by atoms with E-state index in [1.165, 1.54) is 0 Å². The summed E-state index contributed by atoms with van der Waals surface area (Å²) in [7, 11) is 0. The summed E-state index contributed by atoms with van der Waals surface area (Å²) >= 11 is 0. The molecule has 1 aliphatic rings. The van der Waals surface area contributed by atoms with Crippen LogP contribution in [-0.2, 0) is 0 Å². The highest BCUT2D eigenvalue weighted by atomic mass is 16.3. The van der Waals surface area contributed by atoms with Crippen molar-refractivity contribution in [2.75, 3.05) is 12.0 Å². The van der Waals surface area contributed by atoms with Crippen LogP contribution in [0.2, 0.25) is 0 Å². The molecule has 0 radical (unpaired) electrons. The third-order valence-electron chi connectivity index (χ3n) is 2.01. The normalized spacial score (nSPS) is 16.0. The van der Waals surface area contributed by atoms with E-state index in [0.29, 0.717) is 16.1 Å². The fourth-order valence-electron chi connectivity index (χ4n) is 1.35. The molecule has 0 saturated heterocycles. The van der Waals surface area contributed by atoms with Gasteiger partial charge in [-0.25, -0.2) is 0 Å². The lowest BCUT2D eigenvalue weighted by Crippen LogP contribution is -2.15. The van der Waals surface area contributed by atoms with Crippen molar-refractivity contribution in [2.45, 2.75) is 6.42 Å². The number of ketones is 1. The largest absolute Gasteiger partial charge is 0.294 e. The molecule has 0 unspecified atom stereocenters. The molecular formula is C9H9N2O2+. The van der Waals surface area contributed by atoms with Crippen molar-refractivity contribution in [1.29, 1.82) is 0 Å². The van der Waals surface area contributed by atoms with Gasteiger partial charge < -0.3 is 0 Å². The molecule has 0 bridgehead atoms. The fourth-order valence-corrected chi connectivity index (χ4v) is 1.35. The predicted molar refractivity (Wildman–Crippen MR) is 47.5 cm³/mol. The second kappa shape index (κ2) is 2.97. The van der Waals surface area contributed by atoms with Crippen LogP contribution >= 0.6 is 0 Å². The standard InChI is InChI=1S/C9H8N2O2/c12-9-5-6-11(13)10-8-4-2-1-3-7(8)9/h1-4H,5-6H2/p+1. The number of hydrogen-bond donors (Lipinski definition) is 1. The van der Waals surface area contributed by atoms with Gasteiger partial charge in [-0.3, -0.25) is 4.79 Å². The molecule has 0 fully saturated rings. The number of carbonyl (C=O) groups is 1. The maximum Gasteiger partial charge on any atom is 0.232 e. The van der Waals surface area contributed by atoms with E-state index >= 15 is 0 Å². The summed E-state index contributed by atoms with van der Waals surface area (Å²) in [6.07, 6.45) is 0.271. The third kappa shape index (κ3) is 1.42. The minimum absolute atomic E-state index is 0.0152. The first-order valence-corrected chi connectivity index (χ1v) is 4.11. The van der Waals surface area contributed by atoms with E-state index < -0.39 is 0 Å². The Balaban J connectivity index is 2.49. The van der Waals surface area contributed by atoms with Crippen LogP contribution in [0.1, 0.15) is 16.8 Å². The van der Waals surface area contributed by atoms with Gasteiger partial charge in [0.1, 0.15) is 10.6 Å². The van der Waals surface area contributed by atoms with Gasteiger partial charge in [0.15, 0.2) is 5.78 Å². The van der Waals surface area contributed by atoms with E-state index in [4.69, 9.17) is 0 Å². The summed E-state index contributed by atoms with van der Waals surface area (Å²) in [4.78, 5) is 23.2. The quantitative estimate of drug-likeness (QED) is 0.609. The number of hydrazine groups is 1. The molecule has 0 amide bonds. The van der Waals surface area contributed by atoms with Crippen molar-refractivity contribution < 1.29 is 9.66 Å². The minimum atomic E-state index is 0.0152. The summed E-state index contributed by atoms with van der Waals surface area (Å²) in [5.41, 5.74) is 3.80. The van der Waals surface area contributed by atoms with Crippen LogP contribution in [-0.4, -0.2) is 17.2 Å². The Bertz CT molecular complexity index is 374. The average molecular weight is 177 g/mol. The monoisotopic (exact) mass is 177 g/mol. The van der Waals surface area contributed by atoms with Gasteiger partial charge in [0.2, 0.25) is 6.54 Å². The van der Waals surface area contributed by atoms with Gasteiger partial charge in [-0.1, -0.05) is 12.1 Å². The Kier molecular flexibility index (Phi) is 1.81. The molecule has 2 rings (SSSR count). The first-order valence-electron chi connectivity index (χ1n) is 4.11. The first kappa shape index (κ1) is 7.91. The number of nitrogens with zero attached hydrogens (tertiary/aromatic N) is 1. The Morgan fingerprint density at radius 3 is 2.92 bits per heavy atom. The molecule has 0 aromatic heterocycles. The number of rotatable bonds is 0. The van der Waals surface area contributed by atoms with Crippen molar-refractivity contribution in [2.24, 2.45) is 0 Å². The van der Waals surface area contributed by atoms with Gasteiger partial charge in [0.25, 0.3) is 0 Å². The smallest absolute Gasteiger partial charge is 0.232 e. The van der Waals surface area contributed by atoms with Gasteiger partial charge in [-0.2, -0.15) is 0 Å². The minimum Gasteiger partial charge on any atom is -0.294 e. The molecular weight excluding hydrogens is 168 g/mol. The number of nitrogens with one attached hydrogen (secondary N) is 1. The second-order valence-corrected chi connectivity index (χ2v) is 2.93. The zero-order valence-electron chi connectivity index (χ0n) is 6.99. The van der Waals surface area contributed by atoms with Crippen LogP contribution in [0.15, 0.2) is 24.3 Å². The topological polar surface area (TPSA) is 49.2 Å². The number of Topliss-reactive ketones (excluding diaryl/α,β-unsaturated/α-hetero) is 1. The SMILES string of the molecule is O=C1CC[N+](=O)Nc2ccccc21. The maximum absolute atomic E-state index is 11.4. The molecule has 4 heteroatoms. The Morgan fingerprint density at radius 2 is 2.08 bits per heavy atom. The zero-order chi connectivity index (χ0) is 9.26. The Morgan fingerprint density at radius 1 is 1.31 bits per heavy atom. The van der Waals surface area contributed by atoms with Gasteiger partial charge in [0, 0.05) is 5.56 Å². The maximum atomic E-state index is 11.4. The van der Waals surface area contributed by atoms with Crippen LogP contribution in [0.5, 0.6) is 0 Å². The van der Waals surface area contributed by atoms with Gasteiger partial charge in [-0.05, 0) is 12.1 Å². The Hall–Kier alpha value is -1.71. The Labute approximate surface area is 75.1 Å². The van der Waals surface area contributed by atoms with Crippen LogP contribution in [0.4, 0.5) is 5.69 Å². The number of benzene rings is 1. The fraction of sp³-hybridized carbons (Fsp3) is 0.222. The van der Waals surface area contributed by atoms with E-state index in [9.17, 15) is 9.70 Å². The van der Waals surface area contributed by atoms with Gasteiger partial charge in [0.05, 0.1) is 11.3 Å². The molecule has 1 aliphatic heterocycles. The van der Waals surface area contributed by atoms with Crippen LogP contribution in [0, 0.1) is 4.91 Å². The summed E-state index contributed by atoms with van der Waals surface area (Å²) in [6.45, 7) is 0.202. The van der Waals surface area contributed by atoms with Crippen molar-refractivity contribution >= 4 is 11.5 Å². The van der Waals surface area contributed by atoms with Crippen molar-refractivity contribution in [3.63, 3.8) is 0 Å². The van der Waals surface area contributed by atoms with Crippen LogP contribution < -0.4 is 5.43 Å². The van der Waals surface area contributed by atoms with Gasteiger partial charge in [-0.15, -0.1) is 5.43 Å². The predicted octanol–water partition coefficient (Wildman–Crippen LogP) is 1.38.